The summed E-state index contributed by atoms with van der Waals surface area (Å²) in [5.41, 5.74) is -0.568. The molecule has 3 unspecified atom stereocenters. The number of hydrogen-bond acceptors (Lipinski definition) is 8. The third-order valence-corrected chi connectivity index (χ3v) is 6.45. The first kappa shape index (κ1) is 34.7. The largest absolute Gasteiger partial charge is 0.486 e. The molecule has 9 heteroatoms. The van der Waals surface area contributed by atoms with Gasteiger partial charge in [0, 0.05) is 12.1 Å². The minimum absolute atomic E-state index is 0.0795. The Hall–Kier alpha value is -3.30. The fourth-order valence-electron chi connectivity index (χ4n) is 3.34. The highest BCUT2D eigenvalue weighted by molar-refractivity contribution is 5.41. The van der Waals surface area contributed by atoms with E-state index in [4.69, 9.17) is 9.47 Å². The SMILES string of the molecule is C=CC(C)(C)C(C)(C)CC(Oc1ccc([N+](=O)[O-])cc1)C(Oc1ccc(N=O)cc1)C(O)CO.CC.CC. The number of allylic oxidation sites excluding steroid dienone is 1. The molecule has 0 amide bonds. The highest BCUT2D eigenvalue weighted by atomic mass is 16.6. The molecule has 2 N–H and O–H groups in total. The van der Waals surface area contributed by atoms with E-state index in [0.29, 0.717) is 17.9 Å². The van der Waals surface area contributed by atoms with Crippen LogP contribution in [0.15, 0.2) is 66.4 Å². The van der Waals surface area contributed by atoms with E-state index in [2.05, 4.69) is 11.8 Å². The Morgan fingerprint density at radius 2 is 1.45 bits per heavy atom. The molecule has 0 aliphatic carbocycles. The average molecular weight is 533 g/mol. The third-order valence-electron chi connectivity index (χ3n) is 6.45. The van der Waals surface area contributed by atoms with E-state index in [1.807, 2.05) is 61.5 Å². The molecule has 2 aromatic carbocycles. The number of benzene rings is 2. The highest BCUT2D eigenvalue weighted by Gasteiger charge is 2.42. The Morgan fingerprint density at radius 1 is 0.974 bits per heavy atom. The van der Waals surface area contributed by atoms with Crippen LogP contribution in [0.3, 0.4) is 0 Å². The minimum Gasteiger partial charge on any atom is -0.486 e. The summed E-state index contributed by atoms with van der Waals surface area (Å²) in [4.78, 5) is 21.2. The summed E-state index contributed by atoms with van der Waals surface area (Å²) >= 11 is 0. The Balaban J connectivity index is 0.00000326. The minimum atomic E-state index is -1.30. The van der Waals surface area contributed by atoms with Gasteiger partial charge in [-0.15, -0.1) is 11.5 Å². The molecule has 2 rings (SSSR count). The van der Waals surface area contributed by atoms with Crippen LogP contribution in [0, 0.1) is 25.9 Å². The van der Waals surface area contributed by atoms with Crippen LogP contribution in [0.5, 0.6) is 11.5 Å². The van der Waals surface area contributed by atoms with Crippen LogP contribution in [0.4, 0.5) is 11.4 Å². The number of nitrogens with zero attached hydrogens (tertiary/aromatic N) is 2. The normalized spacial score (nSPS) is 13.3. The highest BCUT2D eigenvalue weighted by Crippen LogP contribution is 2.44. The molecular formula is C29H44N2O7. The second-order valence-corrected chi connectivity index (χ2v) is 9.34. The zero-order chi connectivity index (χ0) is 29.5. The van der Waals surface area contributed by atoms with Crippen LogP contribution in [0.1, 0.15) is 61.8 Å². The maximum absolute atomic E-state index is 11.0. The molecule has 3 atom stereocenters. The summed E-state index contributed by atoms with van der Waals surface area (Å²) in [6.07, 6.45) is -0.829. The van der Waals surface area contributed by atoms with Crippen molar-refractivity contribution in [3.05, 3.63) is 76.2 Å². The maximum atomic E-state index is 11.0. The Kier molecular flexibility index (Phi) is 15.1. The van der Waals surface area contributed by atoms with E-state index in [9.17, 15) is 25.2 Å². The predicted octanol–water partition coefficient (Wildman–Crippen LogP) is 7.22. The number of nitro benzene ring substituents is 1. The summed E-state index contributed by atoms with van der Waals surface area (Å²) < 4.78 is 12.2. The number of hydrogen-bond donors (Lipinski definition) is 2. The number of aliphatic hydroxyl groups excluding tert-OH is 2. The first-order valence-corrected chi connectivity index (χ1v) is 12.9. The molecule has 0 aliphatic rings. The molecule has 0 fully saturated rings. The third kappa shape index (κ3) is 9.87. The van der Waals surface area contributed by atoms with Crippen molar-refractivity contribution in [3.63, 3.8) is 0 Å². The van der Waals surface area contributed by atoms with Gasteiger partial charge in [-0.3, -0.25) is 10.1 Å². The van der Waals surface area contributed by atoms with Crippen molar-refractivity contribution >= 4 is 11.4 Å². The fraction of sp³-hybridized carbons (Fsp3) is 0.517. The number of aliphatic hydroxyl groups is 2. The van der Waals surface area contributed by atoms with Gasteiger partial charge in [0.15, 0.2) is 6.10 Å². The number of ether oxygens (including phenoxy) is 2. The molecule has 0 aliphatic heterocycles. The van der Waals surface area contributed by atoms with Crippen LogP contribution in [0.2, 0.25) is 0 Å². The average Bonchev–Trinajstić information content (AvgIpc) is 2.93. The van der Waals surface area contributed by atoms with Gasteiger partial charge in [0.2, 0.25) is 0 Å². The summed E-state index contributed by atoms with van der Waals surface area (Å²) in [5, 5.41) is 34.3. The molecule has 0 saturated heterocycles. The second-order valence-electron chi connectivity index (χ2n) is 9.34. The molecule has 9 nitrogen and oxygen atoms in total. The van der Waals surface area contributed by atoms with Gasteiger partial charge in [-0.25, -0.2) is 0 Å². The van der Waals surface area contributed by atoms with Gasteiger partial charge in [-0.2, -0.15) is 0 Å². The topological polar surface area (TPSA) is 131 Å². The van der Waals surface area contributed by atoms with E-state index in [1.165, 1.54) is 48.5 Å². The van der Waals surface area contributed by atoms with Crippen molar-refractivity contribution < 1.29 is 24.6 Å². The lowest BCUT2D eigenvalue weighted by Crippen LogP contribution is -2.50. The second kappa shape index (κ2) is 16.5. The van der Waals surface area contributed by atoms with E-state index in [0.717, 1.165) is 0 Å². The molecule has 0 heterocycles. The number of nitro groups is 1. The molecule has 0 saturated carbocycles. The molecule has 2 aromatic rings. The van der Waals surface area contributed by atoms with Crippen LogP contribution in [0.25, 0.3) is 0 Å². The molecule has 0 spiro atoms. The van der Waals surface area contributed by atoms with Crippen molar-refractivity contribution in [1.29, 1.82) is 0 Å². The van der Waals surface area contributed by atoms with E-state index in [-0.39, 0.29) is 22.2 Å². The molecular weight excluding hydrogens is 488 g/mol. The van der Waals surface area contributed by atoms with E-state index >= 15 is 0 Å². The van der Waals surface area contributed by atoms with Gasteiger partial charge in [0.1, 0.15) is 29.4 Å². The van der Waals surface area contributed by atoms with Gasteiger partial charge in [-0.1, -0.05) is 61.5 Å². The van der Waals surface area contributed by atoms with Crippen LogP contribution in [-0.4, -0.2) is 40.1 Å². The molecule has 0 aromatic heterocycles. The van der Waals surface area contributed by atoms with E-state index in [1.54, 1.807) is 0 Å². The summed E-state index contributed by atoms with van der Waals surface area (Å²) in [7, 11) is 0. The Morgan fingerprint density at radius 3 is 1.87 bits per heavy atom. The molecule has 212 valence electrons. The number of rotatable bonds is 13. The monoisotopic (exact) mass is 532 g/mol. The molecule has 0 bridgehead atoms. The maximum Gasteiger partial charge on any atom is 0.269 e. The van der Waals surface area contributed by atoms with Gasteiger partial charge in [0.25, 0.3) is 5.69 Å². The lowest BCUT2D eigenvalue weighted by atomic mass is 9.65. The first-order valence-electron chi connectivity index (χ1n) is 12.9. The standard InChI is InChI=1S/C25H32N2O7.2C2H6/c1-6-24(2,3)25(4,5)15-22(33-19-13-9-18(10-14-19)27(31)32)23(21(29)16-28)34-20-11-7-17(26-30)8-12-20;2*1-2/h6-14,21-23,28-29H,1,15-16H2,2-5H3;2*1-2H3. The predicted molar refractivity (Wildman–Crippen MR) is 152 cm³/mol. The molecule has 0 radical (unpaired) electrons. The number of nitroso groups, excluding NO2 is 1. The van der Waals surface area contributed by atoms with E-state index < -0.39 is 29.8 Å². The summed E-state index contributed by atoms with van der Waals surface area (Å²) in [5.74, 6) is 0.699. The van der Waals surface area contributed by atoms with Gasteiger partial charge < -0.3 is 19.7 Å². The smallest absolute Gasteiger partial charge is 0.269 e. The van der Waals surface area contributed by atoms with Crippen molar-refractivity contribution in [2.45, 2.75) is 80.1 Å². The Labute approximate surface area is 226 Å². The van der Waals surface area contributed by atoms with Gasteiger partial charge >= 0.3 is 0 Å². The van der Waals surface area contributed by atoms with Crippen molar-refractivity contribution in [3.8, 4) is 11.5 Å². The van der Waals surface area contributed by atoms with Crippen molar-refractivity contribution in [1.82, 2.24) is 0 Å². The zero-order valence-corrected chi connectivity index (χ0v) is 23.9. The van der Waals surface area contributed by atoms with Gasteiger partial charge in [-0.05, 0) is 58.8 Å². The number of non-ortho nitro benzene ring substituents is 1. The Bertz CT molecular complexity index is 973. The first-order chi connectivity index (χ1) is 17.9. The summed E-state index contributed by atoms with van der Waals surface area (Å²) in [6, 6.07) is 11.6. The fourth-order valence-corrected chi connectivity index (χ4v) is 3.34. The quantitative estimate of drug-likeness (QED) is 0.120. The van der Waals surface area contributed by atoms with Crippen LogP contribution >= 0.6 is 0 Å². The zero-order valence-electron chi connectivity index (χ0n) is 23.9. The summed E-state index contributed by atoms with van der Waals surface area (Å²) in [6.45, 7) is 19.5. The van der Waals surface area contributed by atoms with Crippen LogP contribution < -0.4 is 9.47 Å². The van der Waals surface area contributed by atoms with Crippen molar-refractivity contribution in [2.75, 3.05) is 6.61 Å². The lowest BCUT2D eigenvalue weighted by Gasteiger charge is -2.43. The van der Waals surface area contributed by atoms with Crippen molar-refractivity contribution in [2.24, 2.45) is 16.0 Å². The lowest BCUT2D eigenvalue weighted by molar-refractivity contribution is -0.384. The van der Waals surface area contributed by atoms with Crippen LogP contribution in [-0.2, 0) is 0 Å². The van der Waals surface area contributed by atoms with Gasteiger partial charge in [0.05, 0.1) is 11.5 Å². The molecule has 38 heavy (non-hydrogen) atoms.